The summed E-state index contributed by atoms with van der Waals surface area (Å²) in [5.74, 6) is 0.0512. The molecule has 5 heteroatoms. The maximum atomic E-state index is 12.3. The molecule has 0 aromatic heterocycles. The van der Waals surface area contributed by atoms with E-state index in [0.717, 1.165) is 32.6 Å². The average Bonchev–Trinajstić information content (AvgIpc) is 2.41. The van der Waals surface area contributed by atoms with Gasteiger partial charge >= 0.3 is 0 Å². The van der Waals surface area contributed by atoms with Crippen LogP contribution < -0.4 is 5.73 Å². The predicted molar refractivity (Wildman–Crippen MR) is 69.3 cm³/mol. The quantitative estimate of drug-likeness (QED) is 0.716. The first kappa shape index (κ1) is 13.4. The van der Waals surface area contributed by atoms with Crippen molar-refractivity contribution in [2.75, 3.05) is 33.2 Å². The number of hydrogen-bond donors (Lipinski definition) is 1. The zero-order chi connectivity index (χ0) is 12.3. The highest BCUT2D eigenvalue weighted by Crippen LogP contribution is 2.20. The zero-order valence-electron chi connectivity index (χ0n) is 10.3. The van der Waals surface area contributed by atoms with Crippen LogP contribution in [-0.2, 0) is 4.79 Å². The molecule has 0 unspecified atom stereocenters. The van der Waals surface area contributed by atoms with Crippen molar-refractivity contribution < 1.29 is 4.79 Å². The third-order valence-electron chi connectivity index (χ3n) is 3.16. The molecule has 0 bridgehead atoms. The lowest BCUT2D eigenvalue weighted by Gasteiger charge is -2.30. The van der Waals surface area contributed by atoms with Crippen molar-refractivity contribution in [3.05, 3.63) is 0 Å². The summed E-state index contributed by atoms with van der Waals surface area (Å²) in [4.78, 5) is 16.6. The summed E-state index contributed by atoms with van der Waals surface area (Å²) in [6.07, 6.45) is 1.01. The second-order valence-electron chi connectivity index (χ2n) is 4.94. The van der Waals surface area contributed by atoms with Crippen LogP contribution in [0.2, 0.25) is 0 Å². The molecule has 1 amide bonds. The Labute approximate surface area is 103 Å². The first-order chi connectivity index (χ1) is 7.35. The highest BCUT2D eigenvalue weighted by atomic mass is 32.1. The maximum absolute atomic E-state index is 12.3. The van der Waals surface area contributed by atoms with Crippen molar-refractivity contribution >= 4 is 23.1 Å². The van der Waals surface area contributed by atoms with Gasteiger partial charge in [-0.25, -0.2) is 0 Å². The second kappa shape index (κ2) is 5.10. The number of thiocarbonyl (C=S) groups is 1. The van der Waals surface area contributed by atoms with Gasteiger partial charge in [0.25, 0.3) is 0 Å². The van der Waals surface area contributed by atoms with Crippen molar-refractivity contribution in [3.8, 4) is 0 Å². The topological polar surface area (TPSA) is 49.6 Å². The molecule has 1 aliphatic heterocycles. The molecule has 0 aromatic rings. The van der Waals surface area contributed by atoms with Crippen molar-refractivity contribution in [1.29, 1.82) is 0 Å². The average molecular weight is 243 g/mol. The molecule has 1 rings (SSSR count). The Kier molecular flexibility index (Phi) is 4.27. The van der Waals surface area contributed by atoms with Gasteiger partial charge in [-0.2, -0.15) is 0 Å². The minimum Gasteiger partial charge on any atom is -0.392 e. The summed E-state index contributed by atoms with van der Waals surface area (Å²) in [6, 6.07) is 0. The van der Waals surface area contributed by atoms with Gasteiger partial charge in [-0.05, 0) is 33.9 Å². The van der Waals surface area contributed by atoms with Gasteiger partial charge in [-0.15, -0.1) is 0 Å². The van der Waals surface area contributed by atoms with Crippen LogP contribution in [0.25, 0.3) is 0 Å². The molecule has 0 saturated carbocycles. The van der Waals surface area contributed by atoms with Gasteiger partial charge in [0.15, 0.2) is 0 Å². The monoisotopic (exact) mass is 243 g/mol. The molecule has 1 saturated heterocycles. The van der Waals surface area contributed by atoms with Crippen molar-refractivity contribution in [3.63, 3.8) is 0 Å². The van der Waals surface area contributed by atoms with E-state index >= 15 is 0 Å². The van der Waals surface area contributed by atoms with Crippen LogP contribution in [0.5, 0.6) is 0 Å². The highest BCUT2D eigenvalue weighted by Gasteiger charge is 2.35. The van der Waals surface area contributed by atoms with E-state index in [1.165, 1.54) is 0 Å². The molecular weight excluding hydrogens is 222 g/mol. The number of likely N-dealkylation sites (N-methyl/N-ethyl adjacent to an activating group) is 1. The second-order valence-corrected chi connectivity index (χ2v) is 5.38. The van der Waals surface area contributed by atoms with E-state index in [1.54, 1.807) is 13.8 Å². The summed E-state index contributed by atoms with van der Waals surface area (Å²) in [7, 11) is 2.08. The Balaban J connectivity index is 2.70. The molecule has 2 N–H and O–H groups in total. The largest absolute Gasteiger partial charge is 0.392 e. The van der Waals surface area contributed by atoms with E-state index in [-0.39, 0.29) is 10.9 Å². The van der Waals surface area contributed by atoms with Crippen LogP contribution in [0, 0.1) is 5.41 Å². The first-order valence-corrected chi connectivity index (χ1v) is 6.04. The Hall–Kier alpha value is -0.680. The third kappa shape index (κ3) is 2.92. The van der Waals surface area contributed by atoms with Crippen LogP contribution in [0.3, 0.4) is 0 Å². The smallest absolute Gasteiger partial charge is 0.235 e. The number of hydrogen-bond acceptors (Lipinski definition) is 3. The van der Waals surface area contributed by atoms with Gasteiger partial charge in [-0.1, -0.05) is 12.2 Å². The summed E-state index contributed by atoms with van der Waals surface area (Å²) in [5, 5.41) is 0. The maximum Gasteiger partial charge on any atom is 0.235 e. The SMILES string of the molecule is CN1CCCN(C(=O)C(C)(C)C(N)=S)CC1. The number of rotatable bonds is 2. The van der Waals surface area contributed by atoms with Gasteiger partial charge in [-0.3, -0.25) is 4.79 Å². The Morgan fingerprint density at radius 3 is 2.44 bits per heavy atom. The normalized spacial score (nSPS) is 19.3. The van der Waals surface area contributed by atoms with Gasteiger partial charge in [0.1, 0.15) is 0 Å². The lowest BCUT2D eigenvalue weighted by molar-refractivity contribution is -0.136. The summed E-state index contributed by atoms with van der Waals surface area (Å²) in [6.45, 7) is 7.12. The number of nitrogens with zero attached hydrogens (tertiary/aromatic N) is 2. The Bertz CT molecular complexity index is 291. The lowest BCUT2D eigenvalue weighted by Crippen LogP contribution is -2.48. The van der Waals surface area contributed by atoms with Crippen molar-refractivity contribution in [2.24, 2.45) is 11.1 Å². The Morgan fingerprint density at radius 2 is 1.88 bits per heavy atom. The predicted octanol–water partition coefficient (Wildman–Crippen LogP) is 0.463. The Morgan fingerprint density at radius 1 is 1.25 bits per heavy atom. The fourth-order valence-corrected chi connectivity index (χ4v) is 1.84. The molecule has 92 valence electrons. The van der Waals surface area contributed by atoms with Crippen LogP contribution in [0.1, 0.15) is 20.3 Å². The molecular formula is C11H21N3OS. The van der Waals surface area contributed by atoms with E-state index in [0.29, 0.717) is 0 Å². The summed E-state index contributed by atoms with van der Waals surface area (Å²) < 4.78 is 0. The van der Waals surface area contributed by atoms with Crippen LogP contribution in [0.15, 0.2) is 0 Å². The third-order valence-corrected chi connectivity index (χ3v) is 3.67. The molecule has 4 nitrogen and oxygen atoms in total. The highest BCUT2D eigenvalue weighted by molar-refractivity contribution is 7.80. The van der Waals surface area contributed by atoms with Crippen LogP contribution in [-0.4, -0.2) is 53.9 Å². The number of amides is 1. The van der Waals surface area contributed by atoms with Crippen LogP contribution in [0.4, 0.5) is 0 Å². The van der Waals surface area contributed by atoms with Gasteiger partial charge in [0, 0.05) is 19.6 Å². The fraction of sp³-hybridized carbons (Fsp3) is 0.818. The molecule has 1 heterocycles. The van der Waals surface area contributed by atoms with Crippen molar-refractivity contribution in [2.45, 2.75) is 20.3 Å². The lowest BCUT2D eigenvalue weighted by atomic mass is 9.91. The van der Waals surface area contributed by atoms with E-state index in [2.05, 4.69) is 11.9 Å². The first-order valence-electron chi connectivity index (χ1n) is 5.63. The van der Waals surface area contributed by atoms with Crippen molar-refractivity contribution in [1.82, 2.24) is 9.80 Å². The molecule has 1 fully saturated rings. The molecule has 0 radical (unpaired) electrons. The van der Waals surface area contributed by atoms with E-state index in [9.17, 15) is 4.79 Å². The van der Waals surface area contributed by atoms with Crippen LogP contribution >= 0.6 is 12.2 Å². The number of carbonyl (C=O) groups is 1. The molecule has 16 heavy (non-hydrogen) atoms. The fourth-order valence-electron chi connectivity index (χ4n) is 1.75. The van der Waals surface area contributed by atoms with E-state index < -0.39 is 5.41 Å². The minimum atomic E-state index is -0.724. The molecule has 0 aromatic carbocycles. The van der Waals surface area contributed by atoms with E-state index in [4.69, 9.17) is 18.0 Å². The van der Waals surface area contributed by atoms with Gasteiger partial charge < -0.3 is 15.5 Å². The van der Waals surface area contributed by atoms with Gasteiger partial charge in [0.05, 0.1) is 10.4 Å². The standard InChI is InChI=1S/C11H21N3OS/c1-11(2,9(12)16)10(15)14-6-4-5-13(3)7-8-14/h4-8H2,1-3H3,(H2,12,16). The molecule has 0 spiro atoms. The van der Waals surface area contributed by atoms with Gasteiger partial charge in [0.2, 0.25) is 5.91 Å². The summed E-state index contributed by atoms with van der Waals surface area (Å²) in [5.41, 5.74) is 4.89. The number of carbonyl (C=O) groups excluding carboxylic acids is 1. The molecule has 0 atom stereocenters. The molecule has 1 aliphatic rings. The summed E-state index contributed by atoms with van der Waals surface area (Å²) >= 11 is 4.95. The zero-order valence-corrected chi connectivity index (χ0v) is 11.1. The van der Waals surface area contributed by atoms with E-state index in [1.807, 2.05) is 4.90 Å². The molecule has 0 aliphatic carbocycles. The minimum absolute atomic E-state index is 0.0512. The number of nitrogens with two attached hydrogens (primary N) is 1.